The van der Waals surface area contributed by atoms with E-state index in [2.05, 4.69) is 10.3 Å². The zero-order chi connectivity index (χ0) is 18.3. The first-order chi connectivity index (χ1) is 12.6. The third-order valence-electron chi connectivity index (χ3n) is 5.39. The third kappa shape index (κ3) is 2.40. The summed E-state index contributed by atoms with van der Waals surface area (Å²) in [5.74, 6) is -0.129. The van der Waals surface area contributed by atoms with Crippen molar-refractivity contribution in [3.05, 3.63) is 41.7 Å². The number of piperidine rings is 1. The highest BCUT2D eigenvalue weighted by molar-refractivity contribution is 6.08. The molecule has 26 heavy (non-hydrogen) atoms. The number of hydrogen-bond donors (Lipinski definition) is 1. The van der Waals surface area contributed by atoms with Gasteiger partial charge in [0.25, 0.3) is 5.91 Å². The standard InChI is InChI=1S/C18H22N6O2/c1-22-15-6-3-2-5-13(15)18(17(22)26)7-4-9-23(12-18)16(25)14-11-24(10-8-19)21-20-14/h2-3,5-6,11H,4,7-10,12,19H2,1H3/t18-/m1/s1. The second kappa shape index (κ2) is 6.21. The lowest BCUT2D eigenvalue weighted by Crippen LogP contribution is -2.53. The van der Waals surface area contributed by atoms with Gasteiger partial charge in [0.1, 0.15) is 0 Å². The second-order valence-electron chi connectivity index (χ2n) is 6.95. The molecule has 0 radical (unpaired) electrons. The van der Waals surface area contributed by atoms with Crippen LogP contribution in [0.2, 0.25) is 0 Å². The second-order valence-corrected chi connectivity index (χ2v) is 6.95. The Bertz CT molecular complexity index is 863. The number of carbonyl (C=O) groups is 2. The molecule has 8 heteroatoms. The van der Waals surface area contributed by atoms with Gasteiger partial charge in [-0.1, -0.05) is 23.4 Å². The minimum Gasteiger partial charge on any atom is -0.336 e. The molecule has 1 aromatic heterocycles. The molecule has 1 atom stereocenters. The first-order valence-electron chi connectivity index (χ1n) is 8.84. The van der Waals surface area contributed by atoms with Gasteiger partial charge in [-0.25, -0.2) is 0 Å². The van der Waals surface area contributed by atoms with Crippen molar-refractivity contribution in [3.63, 3.8) is 0 Å². The number of fused-ring (bicyclic) bond motifs is 2. The topological polar surface area (TPSA) is 97.4 Å². The number of rotatable bonds is 3. The fourth-order valence-electron chi connectivity index (χ4n) is 4.14. The lowest BCUT2D eigenvalue weighted by molar-refractivity contribution is -0.124. The molecule has 1 saturated heterocycles. The van der Waals surface area contributed by atoms with Crippen molar-refractivity contribution in [2.45, 2.75) is 24.8 Å². The summed E-state index contributed by atoms with van der Waals surface area (Å²) in [5, 5.41) is 7.91. The van der Waals surface area contributed by atoms with E-state index in [4.69, 9.17) is 5.73 Å². The van der Waals surface area contributed by atoms with Crippen LogP contribution in [0.1, 0.15) is 28.9 Å². The molecule has 1 spiro atoms. The van der Waals surface area contributed by atoms with Crippen molar-refractivity contribution in [1.29, 1.82) is 0 Å². The summed E-state index contributed by atoms with van der Waals surface area (Å²) >= 11 is 0. The zero-order valence-electron chi connectivity index (χ0n) is 14.8. The molecule has 2 N–H and O–H groups in total. The van der Waals surface area contributed by atoms with Crippen LogP contribution in [0.25, 0.3) is 0 Å². The summed E-state index contributed by atoms with van der Waals surface area (Å²) in [5.41, 5.74) is 7.09. The number of likely N-dealkylation sites (tertiary alicyclic amines) is 1. The van der Waals surface area contributed by atoms with Gasteiger partial charge in [0, 0.05) is 32.4 Å². The molecular formula is C18H22N6O2. The van der Waals surface area contributed by atoms with E-state index in [9.17, 15) is 9.59 Å². The van der Waals surface area contributed by atoms with Gasteiger partial charge in [-0.2, -0.15) is 0 Å². The van der Waals surface area contributed by atoms with Gasteiger partial charge in [0.15, 0.2) is 5.69 Å². The molecule has 0 bridgehead atoms. The van der Waals surface area contributed by atoms with Crippen LogP contribution < -0.4 is 10.6 Å². The lowest BCUT2D eigenvalue weighted by atomic mass is 9.75. The lowest BCUT2D eigenvalue weighted by Gasteiger charge is -2.39. The van der Waals surface area contributed by atoms with Crippen LogP contribution in [-0.4, -0.2) is 58.4 Å². The molecule has 2 aliphatic heterocycles. The quantitative estimate of drug-likeness (QED) is 0.860. The van der Waals surface area contributed by atoms with E-state index in [1.54, 1.807) is 27.7 Å². The number of aromatic nitrogens is 3. The SMILES string of the molecule is CN1C(=O)[C@@]2(CCCN(C(=O)c3cn(CCN)nn3)C2)c2ccccc21. The molecule has 1 aromatic carbocycles. The maximum Gasteiger partial charge on any atom is 0.276 e. The van der Waals surface area contributed by atoms with Crippen molar-refractivity contribution in [2.75, 3.05) is 31.6 Å². The first kappa shape index (κ1) is 16.7. The van der Waals surface area contributed by atoms with E-state index in [0.717, 1.165) is 24.1 Å². The Morgan fingerprint density at radius 2 is 2.15 bits per heavy atom. The Balaban J connectivity index is 1.63. The Morgan fingerprint density at radius 3 is 2.96 bits per heavy atom. The van der Waals surface area contributed by atoms with Gasteiger partial charge >= 0.3 is 0 Å². The third-order valence-corrected chi connectivity index (χ3v) is 5.39. The number of likely N-dealkylation sites (N-methyl/N-ethyl adjacent to an activating group) is 1. The number of nitrogens with two attached hydrogens (primary N) is 1. The summed E-state index contributed by atoms with van der Waals surface area (Å²) in [4.78, 5) is 29.4. The zero-order valence-corrected chi connectivity index (χ0v) is 14.8. The Kier molecular flexibility index (Phi) is 3.99. The van der Waals surface area contributed by atoms with E-state index in [0.29, 0.717) is 31.9 Å². The van der Waals surface area contributed by atoms with E-state index < -0.39 is 5.41 Å². The molecule has 3 heterocycles. The average molecular weight is 354 g/mol. The Morgan fingerprint density at radius 1 is 1.35 bits per heavy atom. The van der Waals surface area contributed by atoms with Crippen LogP contribution in [0.5, 0.6) is 0 Å². The van der Waals surface area contributed by atoms with Crippen LogP contribution in [0.3, 0.4) is 0 Å². The maximum absolute atomic E-state index is 13.1. The average Bonchev–Trinajstić information content (AvgIpc) is 3.21. The Hall–Kier alpha value is -2.74. The van der Waals surface area contributed by atoms with Gasteiger partial charge in [-0.3, -0.25) is 14.3 Å². The van der Waals surface area contributed by atoms with Gasteiger partial charge in [0.2, 0.25) is 5.91 Å². The summed E-state index contributed by atoms with van der Waals surface area (Å²) in [6.07, 6.45) is 3.14. The molecule has 4 rings (SSSR count). The van der Waals surface area contributed by atoms with E-state index in [1.807, 2.05) is 24.3 Å². The molecule has 1 fully saturated rings. The molecule has 2 aliphatic rings. The van der Waals surface area contributed by atoms with Gasteiger partial charge in [-0.05, 0) is 24.5 Å². The van der Waals surface area contributed by atoms with E-state index in [1.165, 1.54) is 0 Å². The predicted molar refractivity (Wildman–Crippen MR) is 95.7 cm³/mol. The highest BCUT2D eigenvalue weighted by Gasteiger charge is 2.52. The largest absolute Gasteiger partial charge is 0.336 e. The smallest absolute Gasteiger partial charge is 0.276 e. The summed E-state index contributed by atoms with van der Waals surface area (Å²) in [6, 6.07) is 7.85. The molecule has 0 saturated carbocycles. The summed E-state index contributed by atoms with van der Waals surface area (Å²) in [7, 11) is 1.80. The highest BCUT2D eigenvalue weighted by Crippen LogP contribution is 2.46. The van der Waals surface area contributed by atoms with Gasteiger partial charge < -0.3 is 15.5 Å². The Labute approximate surface area is 151 Å². The van der Waals surface area contributed by atoms with Crippen molar-refractivity contribution in [2.24, 2.45) is 5.73 Å². The fourth-order valence-corrected chi connectivity index (χ4v) is 4.14. The maximum atomic E-state index is 13.1. The minimum atomic E-state index is -0.660. The molecule has 0 aliphatic carbocycles. The number of amides is 2. The fraction of sp³-hybridized carbons (Fsp3) is 0.444. The number of para-hydroxylation sites is 1. The highest BCUT2D eigenvalue weighted by atomic mass is 16.2. The van der Waals surface area contributed by atoms with Crippen molar-refractivity contribution >= 4 is 17.5 Å². The van der Waals surface area contributed by atoms with Crippen LogP contribution >= 0.6 is 0 Å². The van der Waals surface area contributed by atoms with E-state index >= 15 is 0 Å². The molecule has 8 nitrogen and oxygen atoms in total. The molecular weight excluding hydrogens is 332 g/mol. The number of carbonyl (C=O) groups excluding carboxylic acids is 2. The molecule has 136 valence electrons. The van der Waals surface area contributed by atoms with Crippen LogP contribution in [0.15, 0.2) is 30.5 Å². The van der Waals surface area contributed by atoms with E-state index in [-0.39, 0.29) is 11.8 Å². The summed E-state index contributed by atoms with van der Waals surface area (Å²) in [6.45, 7) is 1.93. The van der Waals surface area contributed by atoms with Crippen molar-refractivity contribution < 1.29 is 9.59 Å². The molecule has 2 amide bonds. The van der Waals surface area contributed by atoms with Crippen LogP contribution in [-0.2, 0) is 16.8 Å². The summed E-state index contributed by atoms with van der Waals surface area (Å²) < 4.78 is 1.57. The van der Waals surface area contributed by atoms with Crippen LogP contribution in [0, 0.1) is 0 Å². The van der Waals surface area contributed by atoms with Crippen molar-refractivity contribution in [3.8, 4) is 0 Å². The predicted octanol–water partition coefficient (Wildman–Crippen LogP) is 0.387. The minimum absolute atomic E-state index is 0.0583. The number of hydrogen-bond acceptors (Lipinski definition) is 5. The number of nitrogens with zero attached hydrogens (tertiary/aromatic N) is 5. The van der Waals surface area contributed by atoms with Crippen LogP contribution in [0.4, 0.5) is 5.69 Å². The van der Waals surface area contributed by atoms with Crippen molar-refractivity contribution in [1.82, 2.24) is 19.9 Å². The normalized spacial score (nSPS) is 22.2. The first-order valence-corrected chi connectivity index (χ1v) is 8.84. The molecule has 0 unspecified atom stereocenters. The monoisotopic (exact) mass is 354 g/mol. The molecule has 2 aromatic rings. The number of benzene rings is 1. The van der Waals surface area contributed by atoms with Gasteiger partial charge in [0.05, 0.1) is 18.2 Å². The van der Waals surface area contributed by atoms with Gasteiger partial charge in [-0.15, -0.1) is 5.10 Å². The number of anilines is 1.